The van der Waals surface area contributed by atoms with Gasteiger partial charge >= 0.3 is 0 Å². The van der Waals surface area contributed by atoms with Crippen molar-refractivity contribution in [2.75, 3.05) is 32.8 Å². The number of nitrogens with zero attached hydrogens (tertiary/aromatic N) is 1. The number of hydrogen-bond donors (Lipinski definition) is 2. The molecule has 0 aromatic rings. The second-order valence-electron chi connectivity index (χ2n) is 4.84. The highest BCUT2D eigenvalue weighted by molar-refractivity contribution is 4.69. The minimum Gasteiger partial charge on any atom is -0.395 e. The van der Waals surface area contributed by atoms with Crippen LogP contribution in [0.1, 0.15) is 45.4 Å². The van der Waals surface area contributed by atoms with Crippen LogP contribution >= 0.6 is 0 Å². The van der Waals surface area contributed by atoms with Crippen molar-refractivity contribution in [2.45, 2.75) is 51.5 Å². The third-order valence-electron chi connectivity index (χ3n) is 3.46. The van der Waals surface area contributed by atoms with Crippen molar-refractivity contribution in [2.24, 2.45) is 0 Å². The fraction of sp³-hybridized carbons (Fsp3) is 1.00. The van der Waals surface area contributed by atoms with Crippen LogP contribution in [-0.2, 0) is 0 Å². The summed E-state index contributed by atoms with van der Waals surface area (Å²) in [5.41, 5.74) is 0. The summed E-state index contributed by atoms with van der Waals surface area (Å²) >= 11 is 0. The van der Waals surface area contributed by atoms with Crippen LogP contribution in [0.2, 0.25) is 0 Å². The van der Waals surface area contributed by atoms with E-state index in [1.807, 2.05) is 0 Å². The zero-order valence-corrected chi connectivity index (χ0v) is 10.7. The fourth-order valence-corrected chi connectivity index (χ4v) is 2.42. The highest BCUT2D eigenvalue weighted by Crippen LogP contribution is 2.10. The lowest BCUT2D eigenvalue weighted by atomic mass is 10.1. The van der Waals surface area contributed by atoms with Crippen LogP contribution in [0.4, 0.5) is 0 Å². The summed E-state index contributed by atoms with van der Waals surface area (Å²) < 4.78 is 0. The fourth-order valence-electron chi connectivity index (χ4n) is 2.42. The molecule has 1 saturated heterocycles. The molecule has 1 unspecified atom stereocenters. The second-order valence-corrected chi connectivity index (χ2v) is 4.84. The summed E-state index contributed by atoms with van der Waals surface area (Å²) in [6.45, 7) is 6.96. The SMILES string of the molecule is CCNC(CO)CCN1CCCCCCC1. The van der Waals surface area contributed by atoms with Crippen molar-refractivity contribution in [1.82, 2.24) is 10.2 Å². The van der Waals surface area contributed by atoms with Crippen molar-refractivity contribution in [3.8, 4) is 0 Å². The quantitative estimate of drug-likeness (QED) is 0.725. The van der Waals surface area contributed by atoms with Crippen molar-refractivity contribution in [1.29, 1.82) is 0 Å². The van der Waals surface area contributed by atoms with Gasteiger partial charge in [0.25, 0.3) is 0 Å². The molecule has 1 fully saturated rings. The normalized spacial score (nSPS) is 21.4. The van der Waals surface area contributed by atoms with E-state index in [4.69, 9.17) is 0 Å². The first-order valence-electron chi connectivity index (χ1n) is 6.93. The van der Waals surface area contributed by atoms with Gasteiger partial charge in [-0.3, -0.25) is 0 Å². The van der Waals surface area contributed by atoms with Gasteiger partial charge in [-0.15, -0.1) is 0 Å². The Labute approximate surface area is 100 Å². The lowest BCUT2D eigenvalue weighted by Crippen LogP contribution is -2.37. The highest BCUT2D eigenvalue weighted by Gasteiger charge is 2.11. The van der Waals surface area contributed by atoms with Crippen LogP contribution in [-0.4, -0.2) is 48.8 Å². The van der Waals surface area contributed by atoms with Crippen molar-refractivity contribution >= 4 is 0 Å². The van der Waals surface area contributed by atoms with Gasteiger partial charge in [-0.2, -0.15) is 0 Å². The zero-order chi connectivity index (χ0) is 11.6. The van der Waals surface area contributed by atoms with E-state index in [-0.39, 0.29) is 12.6 Å². The molecule has 3 heteroatoms. The van der Waals surface area contributed by atoms with Crippen molar-refractivity contribution in [3.05, 3.63) is 0 Å². The van der Waals surface area contributed by atoms with E-state index in [9.17, 15) is 5.11 Å². The number of hydrogen-bond acceptors (Lipinski definition) is 3. The minimum absolute atomic E-state index is 0.266. The second kappa shape index (κ2) is 8.97. The Hall–Kier alpha value is -0.120. The van der Waals surface area contributed by atoms with E-state index in [0.717, 1.165) is 19.5 Å². The molecule has 1 heterocycles. The van der Waals surface area contributed by atoms with Crippen LogP contribution < -0.4 is 5.32 Å². The van der Waals surface area contributed by atoms with E-state index < -0.39 is 0 Å². The molecule has 0 amide bonds. The summed E-state index contributed by atoms with van der Waals surface area (Å²) in [5, 5.41) is 12.5. The molecule has 96 valence electrons. The van der Waals surface area contributed by atoms with E-state index in [1.165, 1.54) is 45.2 Å². The van der Waals surface area contributed by atoms with E-state index >= 15 is 0 Å². The zero-order valence-electron chi connectivity index (χ0n) is 10.7. The Morgan fingerprint density at radius 3 is 2.31 bits per heavy atom. The Morgan fingerprint density at radius 1 is 1.12 bits per heavy atom. The van der Waals surface area contributed by atoms with Crippen molar-refractivity contribution in [3.63, 3.8) is 0 Å². The van der Waals surface area contributed by atoms with Gasteiger partial charge in [0.1, 0.15) is 0 Å². The number of rotatable bonds is 6. The van der Waals surface area contributed by atoms with Crippen LogP contribution in [0.15, 0.2) is 0 Å². The molecule has 0 aliphatic carbocycles. The van der Waals surface area contributed by atoms with E-state index in [1.54, 1.807) is 0 Å². The lowest BCUT2D eigenvalue weighted by Gasteiger charge is -2.26. The third-order valence-corrected chi connectivity index (χ3v) is 3.46. The highest BCUT2D eigenvalue weighted by atomic mass is 16.3. The lowest BCUT2D eigenvalue weighted by molar-refractivity contribution is 0.198. The Morgan fingerprint density at radius 2 is 1.75 bits per heavy atom. The van der Waals surface area contributed by atoms with E-state index in [0.29, 0.717) is 0 Å². The Kier molecular flexibility index (Phi) is 7.81. The first-order valence-corrected chi connectivity index (χ1v) is 6.93. The largest absolute Gasteiger partial charge is 0.395 e. The van der Waals surface area contributed by atoms with Gasteiger partial charge in [0, 0.05) is 6.04 Å². The molecule has 0 radical (unpaired) electrons. The van der Waals surface area contributed by atoms with Gasteiger partial charge in [0.05, 0.1) is 6.61 Å². The van der Waals surface area contributed by atoms with E-state index in [2.05, 4.69) is 17.1 Å². The maximum atomic E-state index is 9.21. The van der Waals surface area contributed by atoms with Crippen LogP contribution in [0.3, 0.4) is 0 Å². The third kappa shape index (κ3) is 5.83. The molecule has 1 atom stereocenters. The first kappa shape index (κ1) is 13.9. The molecule has 0 saturated carbocycles. The van der Waals surface area contributed by atoms with Gasteiger partial charge in [0.2, 0.25) is 0 Å². The van der Waals surface area contributed by atoms with Gasteiger partial charge in [-0.25, -0.2) is 0 Å². The number of nitrogens with one attached hydrogen (secondary N) is 1. The summed E-state index contributed by atoms with van der Waals surface area (Å²) in [4.78, 5) is 2.57. The monoisotopic (exact) mass is 228 g/mol. The molecule has 1 aliphatic rings. The van der Waals surface area contributed by atoms with Crippen LogP contribution in [0.5, 0.6) is 0 Å². The summed E-state index contributed by atoms with van der Waals surface area (Å²) in [5.74, 6) is 0. The standard InChI is InChI=1S/C13H28N2O/c1-2-14-13(12-16)8-11-15-9-6-4-3-5-7-10-15/h13-14,16H,2-12H2,1H3. The molecule has 1 aliphatic heterocycles. The molecular formula is C13H28N2O. The average Bonchev–Trinajstić information content (AvgIpc) is 2.26. The molecule has 16 heavy (non-hydrogen) atoms. The summed E-state index contributed by atoms with van der Waals surface area (Å²) in [6.07, 6.45) is 7.99. The smallest absolute Gasteiger partial charge is 0.0585 e. The van der Waals surface area contributed by atoms with Crippen LogP contribution in [0.25, 0.3) is 0 Å². The number of likely N-dealkylation sites (N-methyl/N-ethyl adjacent to an activating group) is 1. The van der Waals surface area contributed by atoms with Gasteiger partial charge < -0.3 is 15.3 Å². The number of aliphatic hydroxyl groups is 1. The summed E-state index contributed by atoms with van der Waals surface area (Å²) in [7, 11) is 0. The average molecular weight is 228 g/mol. The Balaban J connectivity index is 2.17. The number of aliphatic hydroxyl groups excluding tert-OH is 1. The molecule has 1 rings (SSSR count). The predicted molar refractivity (Wildman–Crippen MR) is 68.7 cm³/mol. The maximum absolute atomic E-state index is 9.21. The topological polar surface area (TPSA) is 35.5 Å². The minimum atomic E-state index is 0.266. The first-order chi connectivity index (χ1) is 7.86. The molecular weight excluding hydrogens is 200 g/mol. The predicted octanol–water partition coefficient (Wildman–Crippen LogP) is 1.61. The van der Waals surface area contributed by atoms with Crippen molar-refractivity contribution < 1.29 is 5.11 Å². The molecule has 2 N–H and O–H groups in total. The molecule has 0 spiro atoms. The van der Waals surface area contributed by atoms with Crippen LogP contribution in [0, 0.1) is 0 Å². The number of likely N-dealkylation sites (tertiary alicyclic amines) is 1. The molecule has 0 bridgehead atoms. The summed E-state index contributed by atoms with van der Waals surface area (Å²) in [6, 6.07) is 0.287. The maximum Gasteiger partial charge on any atom is 0.0585 e. The molecule has 0 aromatic heterocycles. The Bertz CT molecular complexity index is 156. The molecule has 3 nitrogen and oxygen atoms in total. The van der Waals surface area contributed by atoms with Gasteiger partial charge in [0.15, 0.2) is 0 Å². The molecule has 0 aromatic carbocycles. The van der Waals surface area contributed by atoms with Gasteiger partial charge in [-0.05, 0) is 45.4 Å². The van der Waals surface area contributed by atoms with Gasteiger partial charge in [-0.1, -0.05) is 26.2 Å².